The van der Waals surface area contributed by atoms with Gasteiger partial charge in [-0.2, -0.15) is 13.2 Å². The van der Waals surface area contributed by atoms with Crippen LogP contribution < -0.4 is 25.6 Å². The van der Waals surface area contributed by atoms with E-state index in [1.54, 1.807) is 48.6 Å². The highest BCUT2D eigenvalue weighted by molar-refractivity contribution is 7.86. The Morgan fingerprint density at radius 2 is 1.33 bits per heavy atom. The number of hydrogen-bond acceptors (Lipinski definition) is 26. The Balaban J connectivity index is 0.666. The fourth-order valence-electron chi connectivity index (χ4n) is 11.4. The van der Waals surface area contributed by atoms with Crippen molar-refractivity contribution < 1.29 is 113 Å². The fourth-order valence-corrected chi connectivity index (χ4v) is 12.0. The van der Waals surface area contributed by atoms with Crippen LogP contribution in [0.4, 0.5) is 23.7 Å². The smallest absolute Gasteiger partial charge is 0.417 e. The van der Waals surface area contributed by atoms with Gasteiger partial charge in [-0.25, -0.2) is 22.6 Å². The van der Waals surface area contributed by atoms with Crippen LogP contribution in [0.25, 0.3) is 11.1 Å². The third-order valence-electron chi connectivity index (χ3n) is 16.4. The molecule has 31 nitrogen and oxygen atoms in total. The molecular formula is C68H98F3N10O21S-. The summed E-state index contributed by atoms with van der Waals surface area (Å²) in [6.07, 6.45) is -2.46. The molecule has 3 amide bonds. The lowest BCUT2D eigenvalue weighted by Crippen LogP contribution is -2.59. The van der Waals surface area contributed by atoms with Crippen molar-refractivity contribution >= 4 is 50.6 Å². The number of benzene rings is 2. The van der Waals surface area contributed by atoms with Gasteiger partial charge in [0.1, 0.15) is 54.1 Å². The van der Waals surface area contributed by atoms with Crippen molar-refractivity contribution in [3.05, 3.63) is 94.6 Å². The number of anilines is 1. The fraction of sp³-hybridized carbons (Fsp3) is 0.647. The summed E-state index contributed by atoms with van der Waals surface area (Å²) in [6, 6.07) is 9.08. The molecule has 6 atom stereocenters. The molecule has 1 saturated heterocycles. The maximum Gasteiger partial charge on any atom is 0.417 e. The summed E-state index contributed by atoms with van der Waals surface area (Å²) in [5.74, 6) is -1.56. The summed E-state index contributed by atoms with van der Waals surface area (Å²) in [5, 5.41) is 64.2. The number of aliphatic hydroxyl groups is 4. The average molecular weight is 1480 g/mol. The van der Waals surface area contributed by atoms with Crippen LogP contribution in [-0.4, -0.2) is 259 Å². The quantitative estimate of drug-likeness (QED) is 0.0247. The second-order valence-electron chi connectivity index (χ2n) is 26.3. The van der Waals surface area contributed by atoms with E-state index in [2.05, 4.69) is 36.6 Å². The molecule has 4 aromatic rings. The normalized spacial score (nSPS) is 18.6. The number of halogens is 3. The van der Waals surface area contributed by atoms with Crippen LogP contribution in [0.1, 0.15) is 107 Å². The van der Waals surface area contributed by atoms with Gasteiger partial charge in [-0.1, -0.05) is 47.9 Å². The number of hydrogen-bond donors (Lipinski definition) is 7. The maximum absolute atomic E-state index is 14.0. The van der Waals surface area contributed by atoms with E-state index < -0.39 is 99.9 Å². The minimum atomic E-state index is -4.82. The number of carbonyl (C=O) groups is 4. The van der Waals surface area contributed by atoms with Crippen LogP contribution in [0, 0.1) is 0 Å². The summed E-state index contributed by atoms with van der Waals surface area (Å²) >= 11 is 0. The van der Waals surface area contributed by atoms with Gasteiger partial charge in [-0.05, 0) is 106 Å². The minimum absolute atomic E-state index is 0.0279. The second kappa shape index (κ2) is 41.0. The highest BCUT2D eigenvalue weighted by atomic mass is 32.2. The number of aliphatic hydroxyl groups excluding tert-OH is 4. The Morgan fingerprint density at radius 3 is 1.95 bits per heavy atom. The number of aromatic nitrogens is 6. The summed E-state index contributed by atoms with van der Waals surface area (Å²) < 4.78 is 137. The van der Waals surface area contributed by atoms with E-state index in [0.29, 0.717) is 140 Å². The monoisotopic (exact) mass is 1480 g/mol. The third-order valence-corrected chi connectivity index (χ3v) is 17.1. The molecule has 1 aliphatic carbocycles. The molecule has 2 aromatic heterocycles. The Labute approximate surface area is 596 Å². The molecule has 0 unspecified atom stereocenters. The van der Waals surface area contributed by atoms with Crippen molar-refractivity contribution in [3.8, 4) is 5.75 Å². The van der Waals surface area contributed by atoms with Gasteiger partial charge in [-0.15, -0.1) is 10.2 Å². The first-order chi connectivity index (χ1) is 49.0. The molecule has 574 valence electrons. The zero-order valence-electron chi connectivity index (χ0n) is 58.9. The van der Waals surface area contributed by atoms with Crippen LogP contribution in [0.5, 0.6) is 5.75 Å². The number of nitrogens with one attached hydrogen (secondary N) is 3. The zero-order valence-corrected chi connectivity index (χ0v) is 59.7. The summed E-state index contributed by atoms with van der Waals surface area (Å²) in [7, 11) is -4.78. The first-order valence-electron chi connectivity index (χ1n) is 34.4. The number of nitrogens with zero attached hydrogens (tertiary/aromatic N) is 7. The standard InChI is InChI=1S/C68H99F3N10O21S/c1-66(2,3)102-65(89)74-56(37-49-42-79(77-75-49)19-23-94-27-30-97-31-32-98-33-34-99-52-14-12-46(13-15-52)16-21-100-64-62(87)61(86)60(85)58(44-82)101-64)63(88)72-17-22-93-25-28-96-29-26-95-24-20-80-43-50(76-78-80)41-73-59(84)11-9-7-6-8-10-18-81-57-36-47-35-51(83)38-55(68(69,70)71)53(47)39-54(57)48(40-67(81,4)5)45-103(90,91)92/h12-15,36,38-40,42-43,56,58,60-62,64,82,85-87H,6-11,16-35,37,41,44-45H2,1-5H3,(H,72,88)(H,73,84)(H,74,89)(H,90,91,92)/p-1/t56-,58+,60+,61-,62+,64+/m0/s1. The average Bonchev–Trinajstić information content (AvgIpc) is 0.888. The van der Waals surface area contributed by atoms with Crippen molar-refractivity contribution in [2.75, 3.05) is 123 Å². The number of rotatable bonds is 46. The van der Waals surface area contributed by atoms with Crippen molar-refractivity contribution in [3.63, 3.8) is 0 Å². The largest absolute Gasteiger partial charge is 0.748 e. The number of ketones is 1. The van der Waals surface area contributed by atoms with E-state index in [9.17, 15) is 65.7 Å². The van der Waals surface area contributed by atoms with Gasteiger partial charge in [0.25, 0.3) is 0 Å². The number of carbonyl (C=O) groups excluding carboxylic acids is 4. The molecule has 103 heavy (non-hydrogen) atoms. The Hall–Kier alpha value is -7.10. The SMILES string of the molecule is CC(C)(C)OC(=O)N[C@@H](Cc1cn(CCOCCOCCOCCOc2ccc(CCO[C@@H]3O[C@H](CO)[C@@H](O)[C@H](O)[C@H]3O)cc2)nn1)C(=O)NCCOCCOCCOCCn1cc(CNC(=O)CCCCCCCN2c3cc4c(cc3C(CS(=O)(=O)[O-])=CC2(C)C)C(C(F)(F)F)=CC(=O)C4)nn1. The minimum Gasteiger partial charge on any atom is -0.748 e. The van der Waals surface area contributed by atoms with Crippen molar-refractivity contribution in [2.24, 2.45) is 0 Å². The lowest BCUT2D eigenvalue weighted by atomic mass is 9.82. The van der Waals surface area contributed by atoms with Gasteiger partial charge in [0.15, 0.2) is 12.1 Å². The number of amides is 3. The molecule has 3 aliphatic rings. The molecule has 7 rings (SSSR count). The molecule has 0 saturated carbocycles. The Kier molecular flexibility index (Phi) is 33.1. The zero-order chi connectivity index (χ0) is 74.6. The highest BCUT2D eigenvalue weighted by Crippen LogP contribution is 2.46. The van der Waals surface area contributed by atoms with E-state index in [4.69, 9.17) is 47.4 Å². The topological polar surface area (TPSA) is 399 Å². The number of unbranched alkanes of at least 4 members (excludes halogenated alkanes) is 4. The van der Waals surface area contributed by atoms with Crippen molar-refractivity contribution in [1.29, 1.82) is 0 Å². The molecule has 2 aliphatic heterocycles. The van der Waals surface area contributed by atoms with Gasteiger partial charge in [0.05, 0.1) is 151 Å². The number of alkyl halides is 3. The Bertz CT molecular complexity index is 3500. The Morgan fingerprint density at radius 1 is 0.738 bits per heavy atom. The lowest BCUT2D eigenvalue weighted by Gasteiger charge is -2.44. The summed E-state index contributed by atoms with van der Waals surface area (Å²) in [4.78, 5) is 53.1. The van der Waals surface area contributed by atoms with E-state index in [1.165, 1.54) is 12.1 Å². The van der Waals surface area contributed by atoms with Gasteiger partial charge < -0.3 is 93.2 Å². The molecule has 0 bridgehead atoms. The van der Waals surface area contributed by atoms with Crippen molar-refractivity contribution in [1.82, 2.24) is 45.9 Å². The molecule has 7 N–H and O–H groups in total. The van der Waals surface area contributed by atoms with Crippen LogP contribution >= 0.6 is 0 Å². The molecule has 35 heteroatoms. The van der Waals surface area contributed by atoms with Gasteiger partial charge >= 0.3 is 12.3 Å². The van der Waals surface area contributed by atoms with E-state index in [0.717, 1.165) is 24.8 Å². The van der Waals surface area contributed by atoms with Crippen LogP contribution in [-0.2, 0) is 106 Å². The molecule has 0 spiro atoms. The molecular weight excluding hydrogens is 1380 g/mol. The maximum atomic E-state index is 14.0. The number of allylic oxidation sites excluding steroid dienone is 2. The number of fused-ring (bicyclic) bond motifs is 2. The van der Waals surface area contributed by atoms with E-state index >= 15 is 0 Å². The first-order valence-corrected chi connectivity index (χ1v) is 36.0. The second-order valence-corrected chi connectivity index (χ2v) is 27.7. The summed E-state index contributed by atoms with van der Waals surface area (Å²) in [6.45, 7) is 14.0. The third kappa shape index (κ3) is 28.7. The molecule has 0 radical (unpaired) electrons. The highest BCUT2D eigenvalue weighted by Gasteiger charge is 2.44. The van der Waals surface area contributed by atoms with Crippen LogP contribution in [0.2, 0.25) is 0 Å². The molecule has 4 heterocycles. The van der Waals surface area contributed by atoms with E-state index in [-0.39, 0.29) is 80.5 Å². The molecule has 2 aromatic carbocycles. The van der Waals surface area contributed by atoms with Crippen LogP contribution in [0.15, 0.2) is 60.9 Å². The number of alkyl carbamates (subject to hydrolysis) is 1. The first kappa shape index (κ1) is 83.2. The lowest BCUT2D eigenvalue weighted by molar-refractivity contribution is -0.300. The van der Waals surface area contributed by atoms with Crippen molar-refractivity contribution in [2.45, 2.75) is 166 Å². The van der Waals surface area contributed by atoms with Gasteiger partial charge in [0, 0.05) is 49.8 Å². The summed E-state index contributed by atoms with van der Waals surface area (Å²) in [5.41, 5.74) is -0.0145. The van der Waals surface area contributed by atoms with E-state index in [1.807, 2.05) is 43.0 Å². The van der Waals surface area contributed by atoms with Gasteiger partial charge in [0.2, 0.25) is 11.8 Å². The van der Waals surface area contributed by atoms with Gasteiger partial charge in [-0.3, -0.25) is 14.4 Å². The van der Waals surface area contributed by atoms with Crippen LogP contribution in [0.3, 0.4) is 0 Å². The predicted octanol–water partition coefficient (Wildman–Crippen LogP) is 2.91. The molecule has 1 fully saturated rings. The number of ether oxygens (including phenoxy) is 10. The predicted molar refractivity (Wildman–Crippen MR) is 363 cm³/mol.